The summed E-state index contributed by atoms with van der Waals surface area (Å²) in [4.78, 5) is 0. The molecule has 27 heavy (non-hydrogen) atoms. The maximum absolute atomic E-state index is 3.73. The van der Waals surface area contributed by atoms with Crippen molar-refractivity contribution in [3.63, 3.8) is 0 Å². The summed E-state index contributed by atoms with van der Waals surface area (Å²) >= 11 is 22.1. The molecule has 3 rings (SSSR count). The summed E-state index contributed by atoms with van der Waals surface area (Å²) in [6.45, 7) is 6.97. The lowest BCUT2D eigenvalue weighted by molar-refractivity contribution is 0.425. The van der Waals surface area contributed by atoms with Crippen LogP contribution in [0.5, 0.6) is 0 Å². The highest BCUT2D eigenvalue weighted by Gasteiger charge is 2.43. The molecule has 0 aromatic heterocycles. The van der Waals surface area contributed by atoms with Crippen LogP contribution < -0.4 is 0 Å². The van der Waals surface area contributed by atoms with Crippen molar-refractivity contribution < 1.29 is 0 Å². The van der Waals surface area contributed by atoms with Crippen molar-refractivity contribution in [3.05, 3.63) is 75.0 Å². The van der Waals surface area contributed by atoms with Crippen LogP contribution in [0.4, 0.5) is 0 Å². The number of halogens is 6. The lowest BCUT2D eigenvalue weighted by Gasteiger charge is -2.44. The second kappa shape index (κ2) is 8.66. The van der Waals surface area contributed by atoms with Gasteiger partial charge < -0.3 is 0 Å². The smallest absolute Gasteiger partial charge is 0.0346 e. The quantitative estimate of drug-likeness (QED) is 0.274. The van der Waals surface area contributed by atoms with Crippen LogP contribution in [0.2, 0.25) is 0 Å². The fourth-order valence-corrected chi connectivity index (χ4v) is 6.02. The number of alkyl halides is 1. The van der Waals surface area contributed by atoms with Gasteiger partial charge in [0.05, 0.1) is 0 Å². The van der Waals surface area contributed by atoms with Crippen LogP contribution in [0.25, 0.3) is 0 Å². The number of hydrogen-bond acceptors (Lipinski definition) is 0. The predicted molar refractivity (Wildman–Crippen MR) is 138 cm³/mol. The van der Waals surface area contributed by atoms with Crippen LogP contribution in [-0.4, -0.2) is 5.33 Å². The normalized spacial score (nSPS) is 23.0. The molecule has 1 aliphatic carbocycles. The first-order chi connectivity index (χ1) is 12.6. The molecule has 0 bridgehead atoms. The third kappa shape index (κ3) is 4.01. The van der Waals surface area contributed by atoms with Gasteiger partial charge in [-0.2, -0.15) is 0 Å². The molecule has 144 valence electrons. The van der Waals surface area contributed by atoms with Gasteiger partial charge in [-0.15, -0.1) is 0 Å². The Hall–Kier alpha value is 1.06. The summed E-state index contributed by atoms with van der Waals surface area (Å²) in [6.07, 6.45) is 2.32. The fourth-order valence-electron chi connectivity index (χ4n) is 4.03. The topological polar surface area (TPSA) is 0 Å². The van der Waals surface area contributed by atoms with Crippen LogP contribution in [0.3, 0.4) is 0 Å². The molecule has 2 aromatic rings. The van der Waals surface area contributed by atoms with Gasteiger partial charge in [0.2, 0.25) is 0 Å². The van der Waals surface area contributed by atoms with E-state index in [-0.39, 0.29) is 5.41 Å². The molecule has 0 radical (unpaired) electrons. The molecule has 0 amide bonds. The van der Waals surface area contributed by atoms with Crippen molar-refractivity contribution in [1.29, 1.82) is 0 Å². The first kappa shape index (κ1) is 22.7. The number of benzene rings is 2. The monoisotopic (exact) mass is 744 g/mol. The molecule has 6 heteroatoms. The Morgan fingerprint density at radius 3 is 1.78 bits per heavy atom. The first-order valence-corrected chi connectivity index (χ1v) is 13.6. The molecule has 0 aliphatic heterocycles. The molecule has 2 aromatic carbocycles. The van der Waals surface area contributed by atoms with Gasteiger partial charge >= 0.3 is 0 Å². The number of allylic oxidation sites excluding steroid dienone is 2. The van der Waals surface area contributed by atoms with E-state index in [0.717, 1.165) is 23.2 Å². The zero-order chi connectivity index (χ0) is 20.1. The Kier molecular flexibility index (Phi) is 7.30. The van der Waals surface area contributed by atoms with Crippen LogP contribution >= 0.6 is 95.6 Å². The van der Waals surface area contributed by atoms with E-state index < -0.39 is 0 Å². The highest BCUT2D eigenvalue weighted by Crippen LogP contribution is 2.53. The van der Waals surface area contributed by atoms with E-state index in [4.69, 9.17) is 0 Å². The van der Waals surface area contributed by atoms with Crippen molar-refractivity contribution in [3.8, 4) is 0 Å². The molecule has 1 atom stereocenters. The van der Waals surface area contributed by atoms with Crippen LogP contribution in [0.15, 0.2) is 52.7 Å². The Morgan fingerprint density at radius 1 is 0.963 bits per heavy atom. The second-order valence-electron chi connectivity index (χ2n) is 7.17. The van der Waals surface area contributed by atoms with E-state index in [1.165, 1.54) is 26.7 Å². The zero-order valence-electron chi connectivity index (χ0n) is 15.0. The summed E-state index contributed by atoms with van der Waals surface area (Å²) < 4.78 is 5.55. The largest absolute Gasteiger partial charge is 0.0871 e. The third-order valence-corrected chi connectivity index (χ3v) is 11.3. The van der Waals surface area contributed by atoms with Crippen molar-refractivity contribution in [2.75, 3.05) is 5.33 Å². The molecular weight excluding hydrogens is 732 g/mol. The first-order valence-electron chi connectivity index (χ1n) is 8.52. The van der Waals surface area contributed by atoms with Gasteiger partial charge in [0, 0.05) is 39.0 Å². The third-order valence-electron chi connectivity index (χ3n) is 5.71. The Bertz CT molecular complexity index is 871. The van der Waals surface area contributed by atoms with Crippen molar-refractivity contribution in [1.82, 2.24) is 0 Å². The van der Waals surface area contributed by atoms with Gasteiger partial charge in [-0.25, -0.2) is 0 Å². The lowest BCUT2D eigenvalue weighted by Crippen LogP contribution is -2.37. The molecular formula is C21H18Br6. The molecule has 0 fully saturated rings. The standard InChI is InChI=1S/C21H18Br6/c1-10(4-12(23)9-22)21(3)15-7-19(26)17(24)5-13(15)11(2)14-6-18(25)20(27)8-16(14)21/h4-8,10-11H,9H2,1-3H3/b12-4+. The van der Waals surface area contributed by atoms with E-state index >= 15 is 0 Å². The minimum absolute atomic E-state index is 0.148. The van der Waals surface area contributed by atoms with E-state index in [1.54, 1.807) is 0 Å². The number of hydrogen-bond donors (Lipinski definition) is 0. The Labute approximate surface area is 211 Å². The predicted octanol–water partition coefficient (Wildman–Crippen LogP) is 9.82. The maximum Gasteiger partial charge on any atom is 0.0346 e. The van der Waals surface area contributed by atoms with Crippen molar-refractivity contribution in [2.24, 2.45) is 5.92 Å². The van der Waals surface area contributed by atoms with Gasteiger partial charge in [0.25, 0.3) is 0 Å². The molecule has 0 saturated carbocycles. The summed E-state index contributed by atoms with van der Waals surface area (Å²) in [7, 11) is 0. The maximum atomic E-state index is 3.73. The van der Waals surface area contributed by atoms with Crippen LogP contribution in [0.1, 0.15) is 48.9 Å². The van der Waals surface area contributed by atoms with E-state index in [9.17, 15) is 0 Å². The molecule has 0 nitrogen and oxygen atoms in total. The minimum atomic E-state index is -0.148. The van der Waals surface area contributed by atoms with Gasteiger partial charge in [-0.1, -0.05) is 58.7 Å². The Morgan fingerprint density at radius 2 is 1.37 bits per heavy atom. The van der Waals surface area contributed by atoms with Gasteiger partial charge in [-0.3, -0.25) is 0 Å². The summed E-state index contributed by atoms with van der Waals surface area (Å²) in [5, 5.41) is 0.817. The lowest BCUT2D eigenvalue weighted by atomic mass is 9.59. The van der Waals surface area contributed by atoms with Crippen molar-refractivity contribution >= 4 is 95.6 Å². The average Bonchev–Trinajstić information content (AvgIpc) is 2.62. The fraction of sp³-hybridized carbons (Fsp3) is 0.333. The molecule has 1 aliphatic rings. The number of fused-ring (bicyclic) bond motifs is 2. The molecule has 0 heterocycles. The minimum Gasteiger partial charge on any atom is -0.0871 e. The van der Waals surface area contributed by atoms with Gasteiger partial charge in [-0.05, 0) is 116 Å². The average molecular weight is 750 g/mol. The highest BCUT2D eigenvalue weighted by molar-refractivity contribution is 9.14. The summed E-state index contributed by atoms with van der Waals surface area (Å²) in [5.74, 6) is 0.628. The summed E-state index contributed by atoms with van der Waals surface area (Å²) in [5.41, 5.74) is 5.37. The Balaban J connectivity index is 2.37. The van der Waals surface area contributed by atoms with E-state index in [1.807, 2.05) is 0 Å². The van der Waals surface area contributed by atoms with E-state index in [2.05, 4.69) is 147 Å². The van der Waals surface area contributed by atoms with E-state index in [0.29, 0.717) is 11.8 Å². The molecule has 0 spiro atoms. The highest BCUT2D eigenvalue weighted by atomic mass is 79.9. The SMILES string of the molecule is CC1c2cc(Br)c(Br)cc2C(C)(C(C)/C=C(/Br)CBr)c2cc(Br)c(Br)cc21. The second-order valence-corrected chi connectivity index (χ2v) is 12.2. The molecule has 1 unspecified atom stereocenters. The number of rotatable bonds is 3. The van der Waals surface area contributed by atoms with Gasteiger partial charge in [0.15, 0.2) is 0 Å². The van der Waals surface area contributed by atoms with Crippen LogP contribution in [0, 0.1) is 5.92 Å². The molecule has 0 saturated heterocycles. The zero-order valence-corrected chi connectivity index (χ0v) is 24.5. The molecule has 0 N–H and O–H groups in total. The van der Waals surface area contributed by atoms with Gasteiger partial charge in [0.1, 0.15) is 0 Å². The van der Waals surface area contributed by atoms with Crippen LogP contribution in [-0.2, 0) is 5.41 Å². The summed E-state index contributed by atoms with van der Waals surface area (Å²) in [6, 6.07) is 9.14. The van der Waals surface area contributed by atoms with Crippen molar-refractivity contribution in [2.45, 2.75) is 32.1 Å².